The van der Waals surface area contributed by atoms with Crippen molar-refractivity contribution in [2.75, 3.05) is 13.6 Å². The van der Waals surface area contributed by atoms with Gasteiger partial charge in [-0.2, -0.15) is 0 Å². The third kappa shape index (κ3) is 1.38. The summed E-state index contributed by atoms with van der Waals surface area (Å²) in [6.45, 7) is 0.904. The van der Waals surface area contributed by atoms with Gasteiger partial charge in [-0.3, -0.25) is 0 Å². The standard InChI is InChI=1S/C10H20N2/c1-12-9-3-2-4-10(12)6-8(5-9)7-11/h8-10H,2-7,11H2,1H3. The Labute approximate surface area is 75.1 Å². The quantitative estimate of drug-likeness (QED) is 0.637. The van der Waals surface area contributed by atoms with Gasteiger partial charge in [0.15, 0.2) is 0 Å². The Bertz CT molecular complexity index is 144. The molecular formula is C10H20N2. The first-order valence-corrected chi connectivity index (χ1v) is 5.23. The zero-order valence-electron chi connectivity index (χ0n) is 8.00. The second kappa shape index (κ2) is 3.35. The molecule has 0 amide bonds. The minimum Gasteiger partial charge on any atom is -0.330 e. The lowest BCUT2D eigenvalue weighted by Gasteiger charge is -2.46. The molecule has 2 aliphatic heterocycles. The van der Waals surface area contributed by atoms with E-state index in [0.29, 0.717) is 0 Å². The molecule has 2 unspecified atom stereocenters. The van der Waals surface area contributed by atoms with Gasteiger partial charge in [0.05, 0.1) is 0 Å². The van der Waals surface area contributed by atoms with Crippen LogP contribution in [0, 0.1) is 5.92 Å². The van der Waals surface area contributed by atoms with Gasteiger partial charge >= 0.3 is 0 Å². The van der Waals surface area contributed by atoms with E-state index in [9.17, 15) is 0 Å². The van der Waals surface area contributed by atoms with E-state index in [1.54, 1.807) is 0 Å². The molecule has 2 heteroatoms. The first-order valence-electron chi connectivity index (χ1n) is 5.23. The molecule has 2 heterocycles. The van der Waals surface area contributed by atoms with E-state index in [-0.39, 0.29) is 0 Å². The smallest absolute Gasteiger partial charge is 0.00982 e. The molecule has 2 nitrogen and oxygen atoms in total. The van der Waals surface area contributed by atoms with Crippen molar-refractivity contribution in [3.8, 4) is 0 Å². The van der Waals surface area contributed by atoms with Crippen LogP contribution in [0.2, 0.25) is 0 Å². The molecule has 0 aromatic rings. The predicted molar refractivity (Wildman–Crippen MR) is 51.0 cm³/mol. The molecule has 0 aromatic heterocycles. The van der Waals surface area contributed by atoms with E-state index < -0.39 is 0 Å². The molecule has 2 bridgehead atoms. The van der Waals surface area contributed by atoms with Crippen LogP contribution in [-0.4, -0.2) is 30.6 Å². The van der Waals surface area contributed by atoms with Crippen LogP contribution in [0.3, 0.4) is 0 Å². The van der Waals surface area contributed by atoms with Gasteiger partial charge in [0.25, 0.3) is 0 Å². The van der Waals surface area contributed by atoms with E-state index in [1.165, 1.54) is 32.1 Å². The number of hydrogen-bond acceptors (Lipinski definition) is 2. The number of piperidine rings is 2. The van der Waals surface area contributed by atoms with Crippen LogP contribution < -0.4 is 5.73 Å². The van der Waals surface area contributed by atoms with Crippen molar-refractivity contribution in [1.29, 1.82) is 0 Å². The van der Waals surface area contributed by atoms with Gasteiger partial charge in [0.2, 0.25) is 0 Å². The Kier molecular flexibility index (Phi) is 2.37. The van der Waals surface area contributed by atoms with Gasteiger partial charge in [-0.25, -0.2) is 0 Å². The van der Waals surface area contributed by atoms with E-state index >= 15 is 0 Å². The summed E-state index contributed by atoms with van der Waals surface area (Å²) in [6, 6.07) is 1.71. The predicted octanol–water partition coefficient (Wildman–Crippen LogP) is 1.21. The summed E-state index contributed by atoms with van der Waals surface area (Å²) in [6.07, 6.45) is 6.96. The molecule has 2 saturated heterocycles. The highest BCUT2D eigenvalue weighted by molar-refractivity contribution is 4.90. The largest absolute Gasteiger partial charge is 0.330 e. The summed E-state index contributed by atoms with van der Waals surface area (Å²) in [7, 11) is 2.29. The van der Waals surface area contributed by atoms with E-state index in [1.807, 2.05) is 0 Å². The summed E-state index contributed by atoms with van der Waals surface area (Å²) in [4.78, 5) is 2.59. The maximum Gasteiger partial charge on any atom is 0.00982 e. The highest BCUT2D eigenvalue weighted by atomic mass is 15.2. The zero-order chi connectivity index (χ0) is 8.55. The van der Waals surface area contributed by atoms with Crippen LogP contribution in [-0.2, 0) is 0 Å². The minimum absolute atomic E-state index is 0.816. The Hall–Kier alpha value is -0.0800. The Morgan fingerprint density at radius 2 is 1.83 bits per heavy atom. The molecule has 0 aromatic carbocycles. The third-order valence-corrected chi connectivity index (χ3v) is 3.77. The summed E-state index contributed by atoms with van der Waals surface area (Å²) in [5.41, 5.74) is 5.73. The van der Waals surface area contributed by atoms with Crippen molar-refractivity contribution in [3.63, 3.8) is 0 Å². The SMILES string of the molecule is CN1C2CCCC1CC(CN)C2. The molecule has 12 heavy (non-hydrogen) atoms. The molecule has 2 rings (SSSR count). The molecule has 2 aliphatic rings. The lowest BCUT2D eigenvalue weighted by Crippen LogP contribution is -2.50. The van der Waals surface area contributed by atoms with Crippen molar-refractivity contribution in [2.45, 2.75) is 44.2 Å². The number of nitrogens with two attached hydrogens (primary N) is 1. The van der Waals surface area contributed by atoms with E-state index in [0.717, 1.165) is 24.5 Å². The molecule has 0 aliphatic carbocycles. The fraction of sp³-hybridized carbons (Fsp3) is 1.00. The first kappa shape index (κ1) is 8.52. The van der Waals surface area contributed by atoms with Gasteiger partial charge in [-0.1, -0.05) is 6.42 Å². The fourth-order valence-corrected chi connectivity index (χ4v) is 2.92. The molecule has 0 spiro atoms. The highest BCUT2D eigenvalue weighted by Gasteiger charge is 2.34. The topological polar surface area (TPSA) is 29.3 Å². The second-order valence-electron chi connectivity index (χ2n) is 4.48. The lowest BCUT2D eigenvalue weighted by molar-refractivity contribution is 0.0389. The van der Waals surface area contributed by atoms with Crippen molar-refractivity contribution in [2.24, 2.45) is 11.7 Å². The summed E-state index contributed by atoms with van der Waals surface area (Å²) >= 11 is 0. The van der Waals surface area contributed by atoms with Crippen LogP contribution in [0.25, 0.3) is 0 Å². The van der Waals surface area contributed by atoms with Gasteiger partial charge in [0, 0.05) is 12.1 Å². The molecular weight excluding hydrogens is 148 g/mol. The summed E-state index contributed by atoms with van der Waals surface area (Å²) in [5.74, 6) is 0.816. The molecule has 0 radical (unpaired) electrons. The molecule has 0 saturated carbocycles. The van der Waals surface area contributed by atoms with Crippen molar-refractivity contribution >= 4 is 0 Å². The zero-order valence-corrected chi connectivity index (χ0v) is 8.00. The number of fused-ring (bicyclic) bond motifs is 2. The monoisotopic (exact) mass is 168 g/mol. The molecule has 70 valence electrons. The van der Waals surface area contributed by atoms with E-state index in [2.05, 4.69) is 11.9 Å². The second-order valence-corrected chi connectivity index (χ2v) is 4.48. The Morgan fingerprint density at radius 1 is 1.25 bits per heavy atom. The number of nitrogens with zero attached hydrogens (tertiary/aromatic N) is 1. The van der Waals surface area contributed by atoms with Crippen LogP contribution in [0.4, 0.5) is 0 Å². The minimum atomic E-state index is 0.816. The average Bonchev–Trinajstić information content (AvgIpc) is 2.04. The maximum atomic E-state index is 5.73. The number of rotatable bonds is 1. The van der Waals surface area contributed by atoms with Gasteiger partial charge in [-0.15, -0.1) is 0 Å². The third-order valence-electron chi connectivity index (χ3n) is 3.77. The van der Waals surface area contributed by atoms with Crippen LogP contribution in [0.1, 0.15) is 32.1 Å². The van der Waals surface area contributed by atoms with Gasteiger partial charge in [-0.05, 0) is 45.2 Å². The normalized spacial score (nSPS) is 43.0. The number of hydrogen-bond donors (Lipinski definition) is 1. The van der Waals surface area contributed by atoms with Crippen molar-refractivity contribution < 1.29 is 0 Å². The molecule has 2 fully saturated rings. The first-order chi connectivity index (χ1) is 5.81. The van der Waals surface area contributed by atoms with Crippen LogP contribution in [0.15, 0.2) is 0 Å². The maximum absolute atomic E-state index is 5.73. The van der Waals surface area contributed by atoms with Crippen LogP contribution in [0.5, 0.6) is 0 Å². The molecule has 2 N–H and O–H groups in total. The summed E-state index contributed by atoms with van der Waals surface area (Å²) in [5, 5.41) is 0. The van der Waals surface area contributed by atoms with Gasteiger partial charge in [0.1, 0.15) is 0 Å². The van der Waals surface area contributed by atoms with Crippen molar-refractivity contribution in [1.82, 2.24) is 4.90 Å². The van der Waals surface area contributed by atoms with E-state index in [4.69, 9.17) is 5.73 Å². The van der Waals surface area contributed by atoms with Crippen LogP contribution >= 0.6 is 0 Å². The highest BCUT2D eigenvalue weighted by Crippen LogP contribution is 2.35. The fourth-order valence-electron chi connectivity index (χ4n) is 2.92. The Balaban J connectivity index is 2.02. The average molecular weight is 168 g/mol. The lowest BCUT2D eigenvalue weighted by atomic mass is 9.79. The Morgan fingerprint density at radius 3 is 2.33 bits per heavy atom. The van der Waals surface area contributed by atoms with Crippen molar-refractivity contribution in [3.05, 3.63) is 0 Å². The van der Waals surface area contributed by atoms with Gasteiger partial charge < -0.3 is 10.6 Å². The molecule has 2 atom stereocenters. The summed E-state index contributed by atoms with van der Waals surface area (Å²) < 4.78 is 0.